The average Bonchev–Trinajstić information content (AvgIpc) is 3.74. The standard InChI is InChI=1S/C46H28N6/c47-29-30-22-24-34(25-23-30)51-38-20-9-7-18-36(38)42-40(51)26-27-41-43(42)37-19-8-10-21-39(37)52(41)35-17-11-16-33(28-35)46-49-44(31-12-3-1-4-13-31)48-45(50-46)32-14-5-2-6-15-32/h1-28H. The number of benzene rings is 7. The van der Waals surface area contributed by atoms with Crippen LogP contribution in [-0.2, 0) is 0 Å². The first-order valence-electron chi connectivity index (χ1n) is 17.2. The van der Waals surface area contributed by atoms with Gasteiger partial charge in [0, 0.05) is 49.6 Å². The molecule has 3 aromatic heterocycles. The number of fused-ring (bicyclic) bond motifs is 7. The molecular weight excluding hydrogens is 637 g/mol. The number of aromatic nitrogens is 5. The van der Waals surface area contributed by atoms with E-state index >= 15 is 0 Å². The summed E-state index contributed by atoms with van der Waals surface area (Å²) in [6, 6.07) is 60.3. The molecule has 7 aromatic carbocycles. The third-order valence-electron chi connectivity index (χ3n) is 9.79. The molecule has 0 N–H and O–H groups in total. The van der Waals surface area contributed by atoms with Gasteiger partial charge in [0.05, 0.1) is 33.7 Å². The van der Waals surface area contributed by atoms with Crippen molar-refractivity contribution in [2.45, 2.75) is 0 Å². The van der Waals surface area contributed by atoms with Crippen LogP contribution in [0.5, 0.6) is 0 Å². The van der Waals surface area contributed by atoms with Crippen molar-refractivity contribution in [3.63, 3.8) is 0 Å². The molecule has 52 heavy (non-hydrogen) atoms. The van der Waals surface area contributed by atoms with Crippen molar-refractivity contribution in [2.24, 2.45) is 0 Å². The smallest absolute Gasteiger partial charge is 0.164 e. The van der Waals surface area contributed by atoms with E-state index in [0.29, 0.717) is 23.0 Å². The molecule has 0 aliphatic carbocycles. The van der Waals surface area contributed by atoms with E-state index < -0.39 is 0 Å². The molecule has 0 atom stereocenters. The normalized spacial score (nSPS) is 11.4. The molecule has 0 fully saturated rings. The Kier molecular flexibility index (Phi) is 6.76. The molecule has 0 aliphatic rings. The van der Waals surface area contributed by atoms with Crippen LogP contribution < -0.4 is 0 Å². The minimum absolute atomic E-state index is 0.614. The van der Waals surface area contributed by atoms with Gasteiger partial charge in [0.15, 0.2) is 17.5 Å². The minimum Gasteiger partial charge on any atom is -0.309 e. The molecular formula is C46H28N6. The first-order chi connectivity index (χ1) is 25.7. The SMILES string of the molecule is N#Cc1ccc(-n2c3ccccc3c3c4c5ccccc5n(-c5cccc(-c6nc(-c7ccccc7)nc(-c7ccccc7)n6)c5)c4ccc32)cc1. The Labute approximate surface area is 299 Å². The van der Waals surface area contributed by atoms with Gasteiger partial charge in [0.25, 0.3) is 0 Å². The fourth-order valence-electron chi connectivity index (χ4n) is 7.48. The van der Waals surface area contributed by atoms with Gasteiger partial charge >= 0.3 is 0 Å². The Hall–Kier alpha value is -7.36. The Bertz CT molecular complexity index is 2950. The third kappa shape index (κ3) is 4.68. The summed E-state index contributed by atoms with van der Waals surface area (Å²) in [5, 5.41) is 14.2. The summed E-state index contributed by atoms with van der Waals surface area (Å²) in [5.74, 6) is 1.88. The highest BCUT2D eigenvalue weighted by atomic mass is 15.0. The molecule has 6 heteroatoms. The second-order valence-corrected chi connectivity index (χ2v) is 12.8. The number of rotatable bonds is 5. The largest absolute Gasteiger partial charge is 0.309 e. The molecule has 0 bridgehead atoms. The maximum absolute atomic E-state index is 9.45. The number of hydrogen-bond donors (Lipinski definition) is 0. The van der Waals surface area contributed by atoms with Crippen LogP contribution in [-0.4, -0.2) is 24.1 Å². The summed E-state index contributed by atoms with van der Waals surface area (Å²) in [4.78, 5) is 14.9. The van der Waals surface area contributed by atoms with E-state index in [9.17, 15) is 5.26 Å². The van der Waals surface area contributed by atoms with Crippen LogP contribution >= 0.6 is 0 Å². The zero-order valence-electron chi connectivity index (χ0n) is 27.8. The zero-order chi connectivity index (χ0) is 34.6. The van der Waals surface area contributed by atoms with Crippen LogP contribution in [0.2, 0.25) is 0 Å². The van der Waals surface area contributed by atoms with E-state index in [4.69, 9.17) is 15.0 Å². The number of para-hydroxylation sites is 2. The molecule has 3 heterocycles. The third-order valence-corrected chi connectivity index (χ3v) is 9.79. The van der Waals surface area contributed by atoms with Gasteiger partial charge in [0.2, 0.25) is 0 Å². The van der Waals surface area contributed by atoms with Crippen LogP contribution in [0, 0.1) is 11.3 Å². The van der Waals surface area contributed by atoms with Gasteiger partial charge < -0.3 is 9.13 Å². The maximum atomic E-state index is 9.45. The average molecular weight is 665 g/mol. The maximum Gasteiger partial charge on any atom is 0.164 e. The fraction of sp³-hybridized carbons (Fsp3) is 0. The van der Waals surface area contributed by atoms with E-state index in [1.807, 2.05) is 84.9 Å². The highest BCUT2D eigenvalue weighted by Crippen LogP contribution is 2.42. The Morgan fingerprint density at radius 2 is 0.846 bits per heavy atom. The topological polar surface area (TPSA) is 72.3 Å². The van der Waals surface area contributed by atoms with Crippen molar-refractivity contribution in [1.29, 1.82) is 5.26 Å². The van der Waals surface area contributed by atoms with Gasteiger partial charge in [-0.05, 0) is 60.7 Å². The Morgan fingerprint density at radius 1 is 0.385 bits per heavy atom. The number of nitrogens with zero attached hydrogens (tertiary/aromatic N) is 6. The zero-order valence-corrected chi connectivity index (χ0v) is 27.8. The molecule has 0 amide bonds. The summed E-state index contributed by atoms with van der Waals surface area (Å²) < 4.78 is 4.65. The predicted molar refractivity (Wildman–Crippen MR) is 210 cm³/mol. The molecule has 0 spiro atoms. The first kappa shape index (κ1) is 29.5. The first-order valence-corrected chi connectivity index (χ1v) is 17.2. The highest BCUT2D eigenvalue weighted by molar-refractivity contribution is 6.28. The van der Waals surface area contributed by atoms with Gasteiger partial charge in [-0.3, -0.25) is 0 Å². The molecule has 6 nitrogen and oxygen atoms in total. The molecule has 0 aliphatic heterocycles. The fourth-order valence-corrected chi connectivity index (χ4v) is 7.48. The minimum atomic E-state index is 0.614. The lowest BCUT2D eigenvalue weighted by atomic mass is 10.1. The summed E-state index contributed by atoms with van der Waals surface area (Å²) in [6.45, 7) is 0. The number of hydrogen-bond acceptors (Lipinski definition) is 4. The quantitative estimate of drug-likeness (QED) is 0.184. The van der Waals surface area contributed by atoms with Crippen LogP contribution in [0.15, 0.2) is 170 Å². The van der Waals surface area contributed by atoms with E-state index in [-0.39, 0.29) is 0 Å². The van der Waals surface area contributed by atoms with Crippen LogP contribution in [0.1, 0.15) is 5.56 Å². The predicted octanol–water partition coefficient (Wildman–Crippen LogP) is 10.9. The highest BCUT2D eigenvalue weighted by Gasteiger charge is 2.21. The Balaban J connectivity index is 1.21. The van der Waals surface area contributed by atoms with Crippen molar-refractivity contribution in [3.8, 4) is 51.6 Å². The van der Waals surface area contributed by atoms with Crippen LogP contribution in [0.25, 0.3) is 89.2 Å². The summed E-state index contributed by atoms with van der Waals surface area (Å²) in [7, 11) is 0. The van der Waals surface area contributed by atoms with Crippen molar-refractivity contribution in [2.75, 3.05) is 0 Å². The van der Waals surface area contributed by atoms with Crippen molar-refractivity contribution >= 4 is 43.6 Å². The summed E-state index contributed by atoms with van der Waals surface area (Å²) in [6.07, 6.45) is 0. The molecule has 0 saturated carbocycles. The van der Waals surface area contributed by atoms with Crippen molar-refractivity contribution in [3.05, 3.63) is 175 Å². The van der Waals surface area contributed by atoms with E-state index in [1.54, 1.807) is 0 Å². The van der Waals surface area contributed by atoms with Gasteiger partial charge in [-0.15, -0.1) is 0 Å². The van der Waals surface area contributed by atoms with Gasteiger partial charge in [0.1, 0.15) is 0 Å². The molecule has 10 rings (SSSR count). The van der Waals surface area contributed by atoms with Gasteiger partial charge in [-0.2, -0.15) is 5.26 Å². The summed E-state index contributed by atoms with van der Waals surface area (Å²) in [5.41, 5.74) is 9.90. The second kappa shape index (κ2) is 11.9. The van der Waals surface area contributed by atoms with E-state index in [0.717, 1.165) is 50.1 Å². The molecule has 0 saturated heterocycles. The molecule has 0 unspecified atom stereocenters. The lowest BCUT2D eigenvalue weighted by Gasteiger charge is -2.12. The van der Waals surface area contributed by atoms with Crippen molar-refractivity contribution < 1.29 is 0 Å². The molecule has 0 radical (unpaired) electrons. The lowest BCUT2D eigenvalue weighted by molar-refractivity contribution is 1.07. The summed E-state index contributed by atoms with van der Waals surface area (Å²) >= 11 is 0. The van der Waals surface area contributed by atoms with Crippen LogP contribution in [0.4, 0.5) is 0 Å². The number of nitriles is 1. The van der Waals surface area contributed by atoms with Crippen LogP contribution in [0.3, 0.4) is 0 Å². The van der Waals surface area contributed by atoms with E-state index in [2.05, 4.69) is 100 Å². The second-order valence-electron chi connectivity index (χ2n) is 12.8. The van der Waals surface area contributed by atoms with Crippen molar-refractivity contribution in [1.82, 2.24) is 24.1 Å². The monoisotopic (exact) mass is 664 g/mol. The lowest BCUT2D eigenvalue weighted by Crippen LogP contribution is -2.01. The Morgan fingerprint density at radius 3 is 1.38 bits per heavy atom. The molecule has 242 valence electrons. The van der Waals surface area contributed by atoms with Gasteiger partial charge in [-0.25, -0.2) is 15.0 Å². The molecule has 10 aromatic rings. The van der Waals surface area contributed by atoms with E-state index in [1.165, 1.54) is 21.5 Å². The van der Waals surface area contributed by atoms with Gasteiger partial charge in [-0.1, -0.05) is 109 Å².